The van der Waals surface area contributed by atoms with Gasteiger partial charge in [-0.1, -0.05) is 19.1 Å². The second-order valence-electron chi connectivity index (χ2n) is 12.7. The van der Waals surface area contributed by atoms with E-state index in [9.17, 15) is 9.18 Å². The lowest BCUT2D eigenvalue weighted by Crippen LogP contribution is -2.48. The highest BCUT2D eigenvalue weighted by Crippen LogP contribution is 2.42. The van der Waals surface area contributed by atoms with Gasteiger partial charge in [0.15, 0.2) is 0 Å². The third-order valence-corrected chi connectivity index (χ3v) is 9.67. The molecule has 2 aromatic heterocycles. The van der Waals surface area contributed by atoms with Crippen LogP contribution in [0.4, 0.5) is 10.1 Å². The highest BCUT2D eigenvalue weighted by Gasteiger charge is 2.32. The van der Waals surface area contributed by atoms with Crippen molar-refractivity contribution in [3.63, 3.8) is 0 Å². The largest absolute Gasteiger partial charge is 0.494 e. The maximum absolute atomic E-state index is 14.1. The molecule has 4 heterocycles. The maximum atomic E-state index is 14.1. The van der Waals surface area contributed by atoms with Crippen molar-refractivity contribution in [3.05, 3.63) is 83.1 Å². The van der Waals surface area contributed by atoms with E-state index < -0.39 is 0 Å². The first-order valence-electron chi connectivity index (χ1n) is 16.3. The van der Waals surface area contributed by atoms with Gasteiger partial charge in [0.2, 0.25) is 6.41 Å². The maximum Gasteiger partial charge on any atom is 0.210 e. The molecule has 0 spiro atoms. The minimum atomic E-state index is -0.331. The first-order valence-corrected chi connectivity index (χ1v) is 16.3. The minimum Gasteiger partial charge on any atom is -0.494 e. The fraction of sp³-hybridized carbons (Fsp3) is 0.405. The van der Waals surface area contributed by atoms with Gasteiger partial charge in [0.25, 0.3) is 0 Å². The molecule has 1 N–H and O–H groups in total. The molecule has 2 aliphatic heterocycles. The summed E-state index contributed by atoms with van der Waals surface area (Å²) in [5.41, 5.74) is 10.2. The Labute approximate surface area is 264 Å². The first kappa shape index (κ1) is 29.5. The van der Waals surface area contributed by atoms with Crippen molar-refractivity contribution in [2.24, 2.45) is 5.92 Å². The molecule has 3 aliphatic rings. The zero-order chi connectivity index (χ0) is 31.1. The van der Waals surface area contributed by atoms with E-state index in [0.29, 0.717) is 31.3 Å². The zero-order valence-corrected chi connectivity index (χ0v) is 26.5. The van der Waals surface area contributed by atoms with Crippen LogP contribution in [0.25, 0.3) is 27.6 Å². The molecule has 7 nitrogen and oxygen atoms in total. The number of halogens is 1. The van der Waals surface area contributed by atoms with E-state index in [1.165, 1.54) is 52.7 Å². The summed E-state index contributed by atoms with van der Waals surface area (Å²) >= 11 is 0. The predicted octanol–water partition coefficient (Wildman–Crippen LogP) is 6.53. The van der Waals surface area contributed by atoms with E-state index in [-0.39, 0.29) is 11.9 Å². The standard InChI is InChI=1S/C37H42FN5O2/c1-4-32-30(11-7-24(2)40-32)31-17-27(35-22-41(14-15-42(35)23-44)33-12-10-29(38)19-36(33)45-3)16-28-18-34(26-6-5-13-39-20-26)43(37(28)31)21-25-8-9-25/h6-7,10-12,16-19,23,25,35,39H,4-5,8-9,13-15,20-22H2,1-3H3. The lowest BCUT2D eigenvalue weighted by atomic mass is 9.93. The number of piperazine rings is 1. The number of hydrogen-bond donors (Lipinski definition) is 1. The molecule has 0 bridgehead atoms. The van der Waals surface area contributed by atoms with E-state index in [2.05, 4.69) is 58.1 Å². The molecule has 45 heavy (non-hydrogen) atoms. The van der Waals surface area contributed by atoms with Gasteiger partial charge in [0, 0.05) is 72.4 Å². The molecule has 8 heteroatoms. The summed E-state index contributed by atoms with van der Waals surface area (Å²) in [6.45, 7) is 8.86. The number of nitrogens with one attached hydrogen (secondary N) is 1. The number of nitrogens with zero attached hydrogens (tertiary/aromatic N) is 4. The summed E-state index contributed by atoms with van der Waals surface area (Å²) in [6.07, 6.45) is 7.77. The number of benzene rings is 2. The number of carbonyl (C=O) groups excluding carboxylic acids is 1. The number of hydrogen-bond acceptors (Lipinski definition) is 5. The lowest BCUT2D eigenvalue weighted by molar-refractivity contribution is -0.120. The van der Waals surface area contributed by atoms with Gasteiger partial charge >= 0.3 is 0 Å². The van der Waals surface area contributed by atoms with Crippen molar-refractivity contribution in [2.75, 3.05) is 44.7 Å². The topological polar surface area (TPSA) is 62.6 Å². The number of anilines is 1. The molecule has 2 fully saturated rings. The van der Waals surface area contributed by atoms with Crippen molar-refractivity contribution in [1.82, 2.24) is 19.8 Å². The Hall–Kier alpha value is -4.17. The fourth-order valence-corrected chi connectivity index (χ4v) is 7.16. The normalized spacial score (nSPS) is 18.8. The third-order valence-electron chi connectivity index (χ3n) is 9.67. The number of aryl methyl sites for hydroxylation is 2. The number of methoxy groups -OCH3 is 1. The van der Waals surface area contributed by atoms with Crippen LogP contribution in [0.2, 0.25) is 0 Å². The highest BCUT2D eigenvalue weighted by molar-refractivity contribution is 5.98. The predicted molar refractivity (Wildman–Crippen MR) is 178 cm³/mol. The van der Waals surface area contributed by atoms with E-state index in [0.717, 1.165) is 67.1 Å². The number of pyridine rings is 1. The summed E-state index contributed by atoms with van der Waals surface area (Å²) in [7, 11) is 1.57. The molecular formula is C37H42FN5O2. The molecule has 1 atom stereocenters. The van der Waals surface area contributed by atoms with E-state index >= 15 is 0 Å². The summed E-state index contributed by atoms with van der Waals surface area (Å²) in [6, 6.07) is 15.8. The quantitative estimate of drug-likeness (QED) is 0.219. The lowest BCUT2D eigenvalue weighted by Gasteiger charge is -2.41. The number of ether oxygens (including phenoxy) is 1. The van der Waals surface area contributed by atoms with Crippen LogP contribution in [0.1, 0.15) is 54.9 Å². The molecule has 4 aromatic rings. The first-order chi connectivity index (χ1) is 22.0. The molecule has 0 radical (unpaired) electrons. The molecule has 2 aromatic carbocycles. The van der Waals surface area contributed by atoms with Crippen LogP contribution in [0, 0.1) is 18.7 Å². The zero-order valence-electron chi connectivity index (χ0n) is 26.5. The Morgan fingerprint density at radius 1 is 1.09 bits per heavy atom. The van der Waals surface area contributed by atoms with Crippen LogP contribution in [-0.2, 0) is 17.8 Å². The summed E-state index contributed by atoms with van der Waals surface area (Å²) < 4.78 is 22.2. The van der Waals surface area contributed by atoms with Crippen LogP contribution < -0.4 is 15.0 Å². The summed E-state index contributed by atoms with van der Waals surface area (Å²) in [4.78, 5) is 21.6. The molecule has 234 valence electrons. The molecule has 1 aliphatic carbocycles. The minimum absolute atomic E-state index is 0.191. The van der Waals surface area contributed by atoms with Crippen LogP contribution in [0.5, 0.6) is 5.75 Å². The number of amides is 1. The molecule has 1 saturated heterocycles. The summed E-state index contributed by atoms with van der Waals surface area (Å²) in [5.74, 6) is 0.870. The number of carbonyl (C=O) groups is 1. The van der Waals surface area contributed by atoms with Gasteiger partial charge in [0.1, 0.15) is 11.6 Å². The van der Waals surface area contributed by atoms with E-state index in [1.807, 2.05) is 11.8 Å². The average molecular weight is 608 g/mol. The van der Waals surface area contributed by atoms with E-state index in [4.69, 9.17) is 9.72 Å². The van der Waals surface area contributed by atoms with Gasteiger partial charge in [-0.15, -0.1) is 0 Å². The Morgan fingerprint density at radius 2 is 1.96 bits per heavy atom. The number of rotatable bonds is 9. The molecule has 1 unspecified atom stereocenters. The Bertz CT molecular complexity index is 1770. The third kappa shape index (κ3) is 5.72. The van der Waals surface area contributed by atoms with Crippen molar-refractivity contribution in [1.29, 1.82) is 0 Å². The fourth-order valence-electron chi connectivity index (χ4n) is 7.16. The van der Waals surface area contributed by atoms with Crippen LogP contribution >= 0.6 is 0 Å². The van der Waals surface area contributed by atoms with Crippen molar-refractivity contribution >= 4 is 28.6 Å². The average Bonchev–Trinajstić information content (AvgIpc) is 3.83. The van der Waals surface area contributed by atoms with Crippen LogP contribution in [0.15, 0.2) is 54.6 Å². The number of aromatic nitrogens is 2. The smallest absolute Gasteiger partial charge is 0.210 e. The Morgan fingerprint density at radius 3 is 2.69 bits per heavy atom. The monoisotopic (exact) mass is 607 g/mol. The Balaban J connectivity index is 1.42. The van der Waals surface area contributed by atoms with Gasteiger partial charge in [-0.05, 0) is 92.6 Å². The Kier molecular flexibility index (Phi) is 8.08. The van der Waals surface area contributed by atoms with Gasteiger partial charge in [-0.3, -0.25) is 9.78 Å². The van der Waals surface area contributed by atoms with Crippen LogP contribution in [-0.4, -0.2) is 60.7 Å². The summed E-state index contributed by atoms with van der Waals surface area (Å²) in [5, 5.41) is 4.77. The van der Waals surface area contributed by atoms with Gasteiger partial charge < -0.3 is 24.4 Å². The van der Waals surface area contributed by atoms with Gasteiger partial charge in [-0.2, -0.15) is 0 Å². The molecule has 1 saturated carbocycles. The van der Waals surface area contributed by atoms with Crippen molar-refractivity contribution in [3.8, 4) is 16.9 Å². The van der Waals surface area contributed by atoms with Crippen molar-refractivity contribution < 1.29 is 13.9 Å². The van der Waals surface area contributed by atoms with E-state index in [1.54, 1.807) is 13.2 Å². The second kappa shape index (κ2) is 12.3. The SMILES string of the molecule is CCc1nc(C)ccc1-c1cc(C2CN(c3ccc(F)cc3OC)CCN2C=O)cc2cc(C3=CCCNC3)n(CC3CC3)c12. The molecular weight excluding hydrogens is 565 g/mol. The second-order valence-corrected chi connectivity index (χ2v) is 12.7. The molecule has 7 rings (SSSR count). The van der Waals surface area contributed by atoms with Gasteiger partial charge in [0.05, 0.1) is 24.4 Å². The van der Waals surface area contributed by atoms with Crippen molar-refractivity contribution in [2.45, 2.75) is 52.1 Å². The van der Waals surface area contributed by atoms with Gasteiger partial charge in [-0.25, -0.2) is 4.39 Å². The van der Waals surface area contributed by atoms with Crippen LogP contribution in [0.3, 0.4) is 0 Å². The molecule has 1 amide bonds. The number of fused-ring (bicyclic) bond motifs is 1. The highest BCUT2D eigenvalue weighted by atomic mass is 19.1.